The van der Waals surface area contributed by atoms with Crippen molar-refractivity contribution < 1.29 is 5.11 Å². The van der Waals surface area contributed by atoms with Crippen molar-refractivity contribution in [2.75, 3.05) is 6.61 Å². The molecule has 2 rings (SSSR count). The standard InChI is InChI=1S/C10H17N3O/c14-6-4-10(8-1-2-8)11-7-9-3-5-12-13-9/h3,5,8,10-11,14H,1-2,4,6-7H2,(H,12,13). The fraction of sp³-hybridized carbons (Fsp3) is 0.700. The molecule has 4 heteroatoms. The van der Waals surface area contributed by atoms with Crippen LogP contribution in [-0.4, -0.2) is 28.0 Å². The van der Waals surface area contributed by atoms with Crippen LogP contribution < -0.4 is 5.32 Å². The van der Waals surface area contributed by atoms with Crippen LogP contribution in [-0.2, 0) is 6.54 Å². The maximum absolute atomic E-state index is 8.91. The number of aromatic amines is 1. The molecular weight excluding hydrogens is 178 g/mol. The highest BCUT2D eigenvalue weighted by atomic mass is 16.3. The van der Waals surface area contributed by atoms with Crippen molar-refractivity contribution >= 4 is 0 Å². The third-order valence-electron chi connectivity index (χ3n) is 2.74. The van der Waals surface area contributed by atoms with Crippen LogP contribution in [0.2, 0.25) is 0 Å². The van der Waals surface area contributed by atoms with Crippen LogP contribution in [0, 0.1) is 5.92 Å². The Bertz CT molecular complexity index is 256. The van der Waals surface area contributed by atoms with Gasteiger partial charge >= 0.3 is 0 Å². The van der Waals surface area contributed by atoms with E-state index in [1.54, 1.807) is 6.20 Å². The molecular formula is C10H17N3O. The molecule has 0 saturated heterocycles. The zero-order valence-electron chi connectivity index (χ0n) is 8.24. The average Bonchev–Trinajstić information content (AvgIpc) is 2.90. The van der Waals surface area contributed by atoms with Gasteiger partial charge in [-0.05, 0) is 31.2 Å². The van der Waals surface area contributed by atoms with Gasteiger partial charge in [0.25, 0.3) is 0 Å². The minimum absolute atomic E-state index is 0.275. The highest BCUT2D eigenvalue weighted by molar-refractivity contribution is 4.98. The van der Waals surface area contributed by atoms with Gasteiger partial charge in [0.15, 0.2) is 0 Å². The van der Waals surface area contributed by atoms with Crippen molar-refractivity contribution in [3.8, 4) is 0 Å². The summed E-state index contributed by atoms with van der Waals surface area (Å²) in [5.74, 6) is 0.782. The normalized spacial score (nSPS) is 18.4. The van der Waals surface area contributed by atoms with Gasteiger partial charge < -0.3 is 10.4 Å². The summed E-state index contributed by atoms with van der Waals surface area (Å²) in [4.78, 5) is 0. The number of hydrogen-bond donors (Lipinski definition) is 3. The Labute approximate surface area is 83.7 Å². The Balaban J connectivity index is 1.76. The van der Waals surface area contributed by atoms with E-state index in [0.717, 1.165) is 24.6 Å². The smallest absolute Gasteiger partial charge is 0.0490 e. The van der Waals surface area contributed by atoms with Crippen LogP contribution in [0.15, 0.2) is 12.3 Å². The lowest BCUT2D eigenvalue weighted by atomic mass is 10.1. The van der Waals surface area contributed by atoms with Crippen molar-refractivity contribution in [1.29, 1.82) is 0 Å². The van der Waals surface area contributed by atoms with Crippen molar-refractivity contribution in [3.05, 3.63) is 18.0 Å². The summed E-state index contributed by atoms with van der Waals surface area (Å²) in [5.41, 5.74) is 1.11. The van der Waals surface area contributed by atoms with Gasteiger partial charge in [-0.2, -0.15) is 5.10 Å². The molecule has 78 valence electrons. The Hall–Kier alpha value is -0.870. The van der Waals surface area contributed by atoms with Gasteiger partial charge in [-0.1, -0.05) is 0 Å². The third kappa shape index (κ3) is 2.56. The van der Waals surface area contributed by atoms with E-state index in [1.165, 1.54) is 12.8 Å². The highest BCUT2D eigenvalue weighted by Gasteiger charge is 2.30. The first kappa shape index (κ1) is 9.68. The van der Waals surface area contributed by atoms with Crippen LogP contribution in [0.1, 0.15) is 25.0 Å². The molecule has 0 radical (unpaired) electrons. The molecule has 0 aliphatic heterocycles. The first-order chi connectivity index (χ1) is 6.90. The fourth-order valence-corrected chi connectivity index (χ4v) is 1.77. The summed E-state index contributed by atoms with van der Waals surface area (Å²) in [5, 5.41) is 19.2. The molecule has 1 fully saturated rings. The monoisotopic (exact) mass is 195 g/mol. The SMILES string of the molecule is OCCC(NCc1ccn[nH]1)C1CC1. The van der Waals surface area contributed by atoms with Crippen molar-refractivity contribution in [1.82, 2.24) is 15.5 Å². The molecule has 1 aliphatic carbocycles. The van der Waals surface area contributed by atoms with Gasteiger partial charge in [-0.15, -0.1) is 0 Å². The number of aromatic nitrogens is 2. The lowest BCUT2D eigenvalue weighted by Gasteiger charge is -2.16. The van der Waals surface area contributed by atoms with Gasteiger partial charge in [0.1, 0.15) is 0 Å². The van der Waals surface area contributed by atoms with Crippen molar-refractivity contribution in [2.24, 2.45) is 5.92 Å². The molecule has 1 heterocycles. The van der Waals surface area contributed by atoms with Crippen LogP contribution in [0.25, 0.3) is 0 Å². The number of hydrogen-bond acceptors (Lipinski definition) is 3. The summed E-state index contributed by atoms with van der Waals surface area (Å²) in [7, 11) is 0. The molecule has 1 unspecified atom stereocenters. The maximum atomic E-state index is 8.91. The lowest BCUT2D eigenvalue weighted by Crippen LogP contribution is -2.31. The molecule has 14 heavy (non-hydrogen) atoms. The number of aliphatic hydroxyl groups excluding tert-OH is 1. The fourth-order valence-electron chi connectivity index (χ4n) is 1.77. The zero-order chi connectivity index (χ0) is 9.80. The van der Waals surface area contributed by atoms with E-state index in [4.69, 9.17) is 5.11 Å². The van der Waals surface area contributed by atoms with Crippen LogP contribution >= 0.6 is 0 Å². The predicted molar refractivity (Wildman–Crippen MR) is 53.6 cm³/mol. The average molecular weight is 195 g/mol. The number of rotatable bonds is 6. The molecule has 4 nitrogen and oxygen atoms in total. The number of H-pyrrole nitrogens is 1. The third-order valence-corrected chi connectivity index (χ3v) is 2.74. The number of nitrogens with one attached hydrogen (secondary N) is 2. The van der Waals surface area contributed by atoms with Gasteiger partial charge in [0, 0.05) is 31.1 Å². The number of aliphatic hydroxyl groups is 1. The van der Waals surface area contributed by atoms with Crippen LogP contribution in [0.4, 0.5) is 0 Å². The molecule has 0 spiro atoms. The van der Waals surface area contributed by atoms with E-state index in [1.807, 2.05) is 6.07 Å². The highest BCUT2D eigenvalue weighted by Crippen LogP contribution is 2.33. The Morgan fingerprint density at radius 3 is 3.07 bits per heavy atom. The van der Waals surface area contributed by atoms with Gasteiger partial charge in [0.2, 0.25) is 0 Å². The summed E-state index contributed by atoms with van der Waals surface area (Å²) in [6, 6.07) is 2.44. The van der Waals surface area contributed by atoms with Gasteiger partial charge in [-0.25, -0.2) is 0 Å². The van der Waals surface area contributed by atoms with Crippen LogP contribution in [0.5, 0.6) is 0 Å². The van der Waals surface area contributed by atoms with E-state index in [-0.39, 0.29) is 6.61 Å². The van der Waals surface area contributed by atoms with Crippen molar-refractivity contribution in [2.45, 2.75) is 31.8 Å². The maximum Gasteiger partial charge on any atom is 0.0490 e. The molecule has 0 bridgehead atoms. The largest absolute Gasteiger partial charge is 0.396 e. The molecule has 0 amide bonds. The van der Waals surface area contributed by atoms with E-state index in [0.29, 0.717) is 6.04 Å². The minimum Gasteiger partial charge on any atom is -0.396 e. The Morgan fingerprint density at radius 2 is 2.50 bits per heavy atom. The predicted octanol–water partition coefficient (Wildman–Crippen LogP) is 0.660. The van der Waals surface area contributed by atoms with E-state index in [9.17, 15) is 0 Å². The van der Waals surface area contributed by atoms with E-state index in [2.05, 4.69) is 15.5 Å². The second-order valence-corrected chi connectivity index (χ2v) is 3.92. The van der Waals surface area contributed by atoms with Gasteiger partial charge in [0.05, 0.1) is 0 Å². The zero-order valence-corrected chi connectivity index (χ0v) is 8.24. The summed E-state index contributed by atoms with van der Waals surface area (Å²) in [6.07, 6.45) is 5.23. The van der Waals surface area contributed by atoms with Crippen LogP contribution in [0.3, 0.4) is 0 Å². The molecule has 1 atom stereocenters. The van der Waals surface area contributed by atoms with E-state index < -0.39 is 0 Å². The second kappa shape index (κ2) is 4.57. The molecule has 1 aromatic rings. The first-order valence-electron chi connectivity index (χ1n) is 5.22. The molecule has 1 aromatic heterocycles. The first-order valence-corrected chi connectivity index (χ1v) is 5.22. The van der Waals surface area contributed by atoms with E-state index >= 15 is 0 Å². The lowest BCUT2D eigenvalue weighted by molar-refractivity contribution is 0.255. The summed E-state index contributed by atoms with van der Waals surface area (Å²) < 4.78 is 0. The van der Waals surface area contributed by atoms with Crippen molar-refractivity contribution in [3.63, 3.8) is 0 Å². The quantitative estimate of drug-likeness (QED) is 0.625. The molecule has 1 aliphatic rings. The van der Waals surface area contributed by atoms with Gasteiger partial charge in [-0.3, -0.25) is 5.10 Å². The molecule has 3 N–H and O–H groups in total. The molecule has 0 aromatic carbocycles. The molecule has 1 saturated carbocycles. The Morgan fingerprint density at radius 1 is 1.64 bits per heavy atom. The summed E-state index contributed by atoms with van der Waals surface area (Å²) in [6.45, 7) is 1.10. The second-order valence-electron chi connectivity index (χ2n) is 3.92. The minimum atomic E-state index is 0.275. The number of nitrogens with zero attached hydrogens (tertiary/aromatic N) is 1. The Kier molecular flexibility index (Phi) is 3.16. The topological polar surface area (TPSA) is 60.9 Å². The summed E-state index contributed by atoms with van der Waals surface area (Å²) >= 11 is 0.